The topological polar surface area (TPSA) is 62.8 Å². The molecule has 1 aliphatic heterocycles. The molecule has 0 radical (unpaired) electrons. The molecule has 2 heterocycles. The van der Waals surface area contributed by atoms with Crippen LogP contribution in [0.25, 0.3) is 0 Å². The van der Waals surface area contributed by atoms with Crippen LogP contribution in [-0.2, 0) is 6.42 Å². The lowest BCUT2D eigenvalue weighted by molar-refractivity contribution is 0.432. The summed E-state index contributed by atoms with van der Waals surface area (Å²) in [6.07, 6.45) is 0.574. The number of para-hydroxylation sites is 1. The average molecular weight is 398 g/mol. The van der Waals surface area contributed by atoms with Crippen LogP contribution in [0.3, 0.4) is 0 Å². The molecule has 1 aromatic heterocycles. The van der Waals surface area contributed by atoms with Crippen molar-refractivity contribution in [1.82, 2.24) is 0 Å². The molecule has 0 saturated heterocycles. The Morgan fingerprint density at radius 1 is 1.19 bits per heavy atom. The van der Waals surface area contributed by atoms with E-state index in [2.05, 4.69) is 0 Å². The second kappa shape index (κ2) is 7.25. The maximum absolute atomic E-state index is 12.5. The van der Waals surface area contributed by atoms with Gasteiger partial charge in [-0.2, -0.15) is 0 Å². The third kappa shape index (κ3) is 3.53. The maximum atomic E-state index is 12.5. The molecule has 1 aliphatic rings. The summed E-state index contributed by atoms with van der Waals surface area (Å²) in [5.41, 5.74) is 1.76. The summed E-state index contributed by atoms with van der Waals surface area (Å²) in [5.74, 6) is 0.236. The molecule has 3 aromatic rings. The molecule has 0 amide bonds. The molecule has 136 valence electrons. The number of nitrogens with zero attached hydrogens (tertiary/aromatic N) is 1. The van der Waals surface area contributed by atoms with Crippen LogP contribution in [0.4, 0.5) is 5.69 Å². The smallest absolute Gasteiger partial charge is 0.348 e. The number of aryl methyl sites for hydroxylation is 1. The molecule has 0 fully saturated rings. The van der Waals surface area contributed by atoms with Gasteiger partial charge in [0.2, 0.25) is 0 Å². The summed E-state index contributed by atoms with van der Waals surface area (Å²) < 4.78 is 5.22. The van der Waals surface area contributed by atoms with Gasteiger partial charge in [-0.25, -0.2) is 4.79 Å². The van der Waals surface area contributed by atoms with Gasteiger partial charge in [0.1, 0.15) is 17.1 Å². The molecular weight excluding hydrogens is 382 g/mol. The number of thioether (sulfide) groups is 1. The first kappa shape index (κ1) is 17.9. The number of hydrogen-bond donors (Lipinski definition) is 1. The summed E-state index contributed by atoms with van der Waals surface area (Å²) >= 11 is 7.95. The molecular formula is C21H16ClNO3S. The van der Waals surface area contributed by atoms with E-state index in [4.69, 9.17) is 21.0 Å². The van der Waals surface area contributed by atoms with Gasteiger partial charge in [0.05, 0.1) is 16.6 Å². The molecule has 0 bridgehead atoms. The van der Waals surface area contributed by atoms with Crippen LogP contribution in [0.15, 0.2) is 73.7 Å². The highest BCUT2D eigenvalue weighted by Crippen LogP contribution is 2.41. The summed E-state index contributed by atoms with van der Waals surface area (Å²) in [7, 11) is 0. The molecule has 0 saturated carbocycles. The first-order valence-electron chi connectivity index (χ1n) is 8.44. The van der Waals surface area contributed by atoms with Crippen molar-refractivity contribution in [3.8, 4) is 5.75 Å². The van der Waals surface area contributed by atoms with E-state index in [0.29, 0.717) is 22.9 Å². The lowest BCUT2D eigenvalue weighted by Gasteiger charge is -2.25. The van der Waals surface area contributed by atoms with Gasteiger partial charge in [-0.1, -0.05) is 41.9 Å². The summed E-state index contributed by atoms with van der Waals surface area (Å²) in [5, 5.41) is 10.9. The highest BCUT2D eigenvalue weighted by Gasteiger charge is 2.30. The van der Waals surface area contributed by atoms with Crippen LogP contribution in [0.1, 0.15) is 16.9 Å². The Balaban J connectivity index is 1.85. The molecule has 2 aromatic carbocycles. The molecule has 4 nitrogen and oxygen atoms in total. The maximum Gasteiger partial charge on any atom is 0.348 e. The van der Waals surface area contributed by atoms with Crippen LogP contribution in [0, 0.1) is 6.92 Å². The quantitative estimate of drug-likeness (QED) is 0.664. The lowest BCUT2D eigenvalue weighted by atomic mass is 10.0. The molecule has 0 spiro atoms. The van der Waals surface area contributed by atoms with Gasteiger partial charge in [0, 0.05) is 16.0 Å². The van der Waals surface area contributed by atoms with Gasteiger partial charge in [0.15, 0.2) is 0 Å². The Morgan fingerprint density at radius 2 is 1.93 bits per heavy atom. The monoisotopic (exact) mass is 397 g/mol. The minimum Gasteiger partial charge on any atom is -0.507 e. The van der Waals surface area contributed by atoms with Crippen LogP contribution in [0.5, 0.6) is 5.75 Å². The minimum atomic E-state index is -0.588. The fraction of sp³-hybridized carbons (Fsp3) is 0.143. The van der Waals surface area contributed by atoms with E-state index in [-0.39, 0.29) is 16.6 Å². The Morgan fingerprint density at radius 3 is 2.70 bits per heavy atom. The SMILES string of the molecule is Cc1cc(O)c(C2=Nc3ccccc3SC2Cc2ccccc2Cl)c(=O)o1. The van der Waals surface area contributed by atoms with Gasteiger partial charge in [-0.3, -0.25) is 4.99 Å². The number of hydrogen-bond acceptors (Lipinski definition) is 5. The van der Waals surface area contributed by atoms with Gasteiger partial charge in [-0.05, 0) is 37.1 Å². The van der Waals surface area contributed by atoms with E-state index in [0.717, 1.165) is 16.1 Å². The van der Waals surface area contributed by atoms with Crippen LogP contribution in [-0.4, -0.2) is 16.1 Å². The van der Waals surface area contributed by atoms with Crippen molar-refractivity contribution in [2.75, 3.05) is 0 Å². The average Bonchev–Trinajstić information content (AvgIpc) is 2.63. The largest absolute Gasteiger partial charge is 0.507 e. The number of rotatable bonds is 3. The van der Waals surface area contributed by atoms with Gasteiger partial charge < -0.3 is 9.52 Å². The molecule has 6 heteroatoms. The number of halogens is 1. The highest BCUT2D eigenvalue weighted by atomic mass is 35.5. The Bertz CT molecular complexity index is 1110. The zero-order valence-corrected chi connectivity index (χ0v) is 16.1. The molecule has 1 unspecified atom stereocenters. The van der Waals surface area contributed by atoms with Crippen LogP contribution < -0.4 is 5.63 Å². The Hall–Kier alpha value is -2.50. The number of aromatic hydroxyl groups is 1. The molecule has 1 N–H and O–H groups in total. The van der Waals surface area contributed by atoms with E-state index >= 15 is 0 Å². The fourth-order valence-electron chi connectivity index (χ4n) is 3.11. The lowest BCUT2D eigenvalue weighted by Crippen LogP contribution is -2.28. The van der Waals surface area contributed by atoms with Crippen molar-refractivity contribution in [3.05, 3.63) is 86.9 Å². The van der Waals surface area contributed by atoms with Crippen LogP contribution >= 0.6 is 23.4 Å². The first-order chi connectivity index (χ1) is 13.0. The highest BCUT2D eigenvalue weighted by molar-refractivity contribution is 8.01. The number of aliphatic imine (C=N–C) groups is 1. The van der Waals surface area contributed by atoms with Crippen molar-refractivity contribution in [3.63, 3.8) is 0 Å². The third-order valence-electron chi connectivity index (χ3n) is 4.35. The van der Waals surface area contributed by atoms with E-state index in [1.165, 1.54) is 6.07 Å². The number of fused-ring (bicyclic) bond motifs is 1. The fourth-order valence-corrected chi connectivity index (χ4v) is 4.57. The second-order valence-corrected chi connectivity index (χ2v) is 7.92. The number of benzene rings is 2. The van der Waals surface area contributed by atoms with Crippen molar-refractivity contribution in [2.24, 2.45) is 4.99 Å². The normalized spacial score (nSPS) is 15.9. The van der Waals surface area contributed by atoms with E-state index in [1.54, 1.807) is 18.7 Å². The summed E-state index contributed by atoms with van der Waals surface area (Å²) in [6.45, 7) is 1.62. The van der Waals surface area contributed by atoms with Crippen molar-refractivity contribution < 1.29 is 9.52 Å². The first-order valence-corrected chi connectivity index (χ1v) is 9.70. The van der Waals surface area contributed by atoms with Gasteiger partial charge >= 0.3 is 5.63 Å². The predicted octanol–water partition coefficient (Wildman–Crippen LogP) is 5.15. The minimum absolute atomic E-state index is 0.111. The Kier molecular flexibility index (Phi) is 4.81. The van der Waals surface area contributed by atoms with Crippen molar-refractivity contribution in [2.45, 2.75) is 23.5 Å². The predicted molar refractivity (Wildman–Crippen MR) is 109 cm³/mol. The molecule has 27 heavy (non-hydrogen) atoms. The van der Waals surface area contributed by atoms with E-state index < -0.39 is 5.63 Å². The van der Waals surface area contributed by atoms with Crippen LogP contribution in [0.2, 0.25) is 5.02 Å². The van der Waals surface area contributed by atoms with Crippen molar-refractivity contribution >= 4 is 34.8 Å². The van der Waals surface area contributed by atoms with E-state index in [1.807, 2.05) is 48.5 Å². The molecule has 0 aliphatic carbocycles. The standard InChI is InChI=1S/C21H16ClNO3S/c1-12-10-16(24)19(21(25)26-12)20-18(11-13-6-2-3-7-14(13)22)27-17-9-5-4-8-15(17)23-20/h2-10,18,24H,11H2,1H3. The van der Waals surface area contributed by atoms with Gasteiger partial charge in [0.25, 0.3) is 0 Å². The van der Waals surface area contributed by atoms with Crippen molar-refractivity contribution in [1.29, 1.82) is 0 Å². The van der Waals surface area contributed by atoms with Gasteiger partial charge in [-0.15, -0.1) is 11.8 Å². The molecule has 4 rings (SSSR count). The zero-order valence-electron chi connectivity index (χ0n) is 14.5. The summed E-state index contributed by atoms with van der Waals surface area (Å²) in [6, 6.07) is 16.8. The summed E-state index contributed by atoms with van der Waals surface area (Å²) in [4.78, 5) is 18.2. The second-order valence-electron chi connectivity index (χ2n) is 6.27. The third-order valence-corrected chi connectivity index (χ3v) is 6.00. The Labute approximate surface area is 165 Å². The van der Waals surface area contributed by atoms with E-state index in [9.17, 15) is 9.90 Å². The molecule has 1 atom stereocenters. The zero-order chi connectivity index (χ0) is 19.0.